The number of hydrogen-bond acceptors (Lipinski definition) is 4. The summed E-state index contributed by atoms with van der Waals surface area (Å²) in [6.07, 6.45) is 3.76. The Labute approximate surface area is 161 Å². The molecule has 0 saturated carbocycles. The molecule has 0 bridgehead atoms. The normalized spacial score (nSPS) is 11.1. The molecule has 0 atom stereocenters. The lowest BCUT2D eigenvalue weighted by atomic mass is 10.1. The monoisotopic (exact) mass is 385 g/mol. The zero-order valence-electron chi connectivity index (χ0n) is 16.2. The molecular formula is C21H21F2N3O2. The topological polar surface area (TPSA) is 57.0 Å². The number of aromatic nitrogens is 3. The fourth-order valence-corrected chi connectivity index (χ4v) is 2.79. The highest BCUT2D eigenvalue weighted by Crippen LogP contribution is 2.33. The van der Waals surface area contributed by atoms with Crippen LogP contribution in [-0.2, 0) is 6.42 Å². The predicted octanol–water partition coefficient (Wildman–Crippen LogP) is 4.83. The lowest BCUT2D eigenvalue weighted by Crippen LogP contribution is -2.23. The molecule has 0 aliphatic rings. The number of halogens is 2. The molecular weight excluding hydrogens is 364 g/mol. The summed E-state index contributed by atoms with van der Waals surface area (Å²) < 4.78 is 34.5. The Hall–Kier alpha value is -3.09. The van der Waals surface area contributed by atoms with Gasteiger partial charge >= 0.3 is 0 Å². The van der Waals surface area contributed by atoms with E-state index in [9.17, 15) is 13.6 Å². The van der Waals surface area contributed by atoms with Crippen LogP contribution in [0.3, 0.4) is 0 Å². The molecule has 0 N–H and O–H groups in total. The molecule has 3 aromatic rings. The van der Waals surface area contributed by atoms with Crippen molar-refractivity contribution in [1.82, 2.24) is 14.5 Å². The van der Waals surface area contributed by atoms with Gasteiger partial charge in [-0.05, 0) is 39.0 Å². The molecule has 2 heterocycles. The second kappa shape index (κ2) is 7.88. The minimum Gasteiger partial charge on any atom is -0.450 e. The third-order valence-corrected chi connectivity index (χ3v) is 4.29. The van der Waals surface area contributed by atoms with Crippen LogP contribution in [0.2, 0.25) is 0 Å². The Morgan fingerprint density at radius 3 is 2.57 bits per heavy atom. The molecule has 2 aromatic heterocycles. The number of pyridine rings is 1. The quantitative estimate of drug-likeness (QED) is 0.631. The van der Waals surface area contributed by atoms with Gasteiger partial charge in [0.1, 0.15) is 17.3 Å². The van der Waals surface area contributed by atoms with Crippen molar-refractivity contribution in [3.8, 4) is 22.8 Å². The maximum atomic E-state index is 14.1. The van der Waals surface area contributed by atoms with Crippen molar-refractivity contribution in [2.75, 3.05) is 0 Å². The zero-order valence-corrected chi connectivity index (χ0v) is 16.2. The van der Waals surface area contributed by atoms with E-state index in [0.29, 0.717) is 29.1 Å². The summed E-state index contributed by atoms with van der Waals surface area (Å²) in [5.41, 5.74) is 1.56. The van der Waals surface area contributed by atoms with E-state index in [1.807, 2.05) is 20.8 Å². The van der Waals surface area contributed by atoms with Gasteiger partial charge in [0.15, 0.2) is 17.3 Å². The van der Waals surface area contributed by atoms with Crippen molar-refractivity contribution in [3.05, 3.63) is 70.0 Å². The highest BCUT2D eigenvalue weighted by Gasteiger charge is 2.16. The Morgan fingerprint density at radius 1 is 1.18 bits per heavy atom. The first-order chi connectivity index (χ1) is 13.3. The first kappa shape index (κ1) is 19.7. The van der Waals surface area contributed by atoms with E-state index in [-0.39, 0.29) is 23.1 Å². The summed E-state index contributed by atoms with van der Waals surface area (Å²) in [7, 11) is 0. The molecule has 0 fully saturated rings. The standard InChI is InChI=1S/C21H21F2N3O2/c1-5-19-24-10-18(28-17-7-6-15(22)9-16(17)23)20(25-19)14-8-13(4)21(27)26(11-14)12(2)3/h6-12H,5H2,1-4H3. The molecule has 0 spiro atoms. The zero-order chi connectivity index (χ0) is 20.4. The second-order valence-corrected chi connectivity index (χ2v) is 6.75. The van der Waals surface area contributed by atoms with Crippen molar-refractivity contribution >= 4 is 0 Å². The predicted molar refractivity (Wildman–Crippen MR) is 103 cm³/mol. The third-order valence-electron chi connectivity index (χ3n) is 4.29. The van der Waals surface area contributed by atoms with Crippen LogP contribution >= 0.6 is 0 Å². The summed E-state index contributed by atoms with van der Waals surface area (Å²) in [6, 6.07) is 4.75. The van der Waals surface area contributed by atoms with Crippen LogP contribution in [0.15, 0.2) is 41.5 Å². The van der Waals surface area contributed by atoms with Crippen LogP contribution < -0.4 is 10.3 Å². The summed E-state index contributed by atoms with van der Waals surface area (Å²) in [5, 5.41) is 0. The van der Waals surface area contributed by atoms with E-state index in [0.717, 1.165) is 12.1 Å². The molecule has 5 nitrogen and oxygen atoms in total. The molecule has 7 heteroatoms. The van der Waals surface area contributed by atoms with E-state index in [1.165, 1.54) is 12.3 Å². The third kappa shape index (κ3) is 3.93. The highest BCUT2D eigenvalue weighted by molar-refractivity contribution is 5.66. The van der Waals surface area contributed by atoms with E-state index < -0.39 is 11.6 Å². The van der Waals surface area contributed by atoms with Crippen molar-refractivity contribution < 1.29 is 13.5 Å². The number of ether oxygens (including phenoxy) is 1. The van der Waals surface area contributed by atoms with E-state index in [2.05, 4.69) is 9.97 Å². The van der Waals surface area contributed by atoms with Gasteiger partial charge < -0.3 is 9.30 Å². The van der Waals surface area contributed by atoms with Gasteiger partial charge in [0.2, 0.25) is 0 Å². The van der Waals surface area contributed by atoms with Gasteiger partial charge in [0.05, 0.1) is 6.20 Å². The first-order valence-electron chi connectivity index (χ1n) is 9.02. The van der Waals surface area contributed by atoms with Crippen LogP contribution in [0.25, 0.3) is 11.3 Å². The van der Waals surface area contributed by atoms with Crippen LogP contribution in [0.1, 0.15) is 38.2 Å². The van der Waals surface area contributed by atoms with Gasteiger partial charge in [0, 0.05) is 35.9 Å². The van der Waals surface area contributed by atoms with Crippen molar-refractivity contribution in [2.24, 2.45) is 0 Å². The maximum absolute atomic E-state index is 14.1. The van der Waals surface area contributed by atoms with Crippen molar-refractivity contribution in [1.29, 1.82) is 0 Å². The Balaban J connectivity index is 2.16. The molecule has 3 rings (SSSR count). The Kier molecular flexibility index (Phi) is 5.53. The Bertz CT molecular complexity index is 1080. The molecule has 28 heavy (non-hydrogen) atoms. The van der Waals surface area contributed by atoms with Gasteiger partial charge in [0.25, 0.3) is 5.56 Å². The van der Waals surface area contributed by atoms with Gasteiger partial charge in [-0.15, -0.1) is 0 Å². The molecule has 0 aliphatic heterocycles. The largest absolute Gasteiger partial charge is 0.450 e. The molecule has 1 aromatic carbocycles. The molecule has 0 amide bonds. The second-order valence-electron chi connectivity index (χ2n) is 6.75. The van der Waals surface area contributed by atoms with Crippen molar-refractivity contribution in [2.45, 2.75) is 40.2 Å². The average Bonchev–Trinajstić information content (AvgIpc) is 2.66. The minimum atomic E-state index is -0.825. The molecule has 0 unspecified atom stereocenters. The minimum absolute atomic E-state index is 0.0439. The summed E-state index contributed by atoms with van der Waals surface area (Å²) in [4.78, 5) is 21.1. The number of nitrogens with zero attached hydrogens (tertiary/aromatic N) is 3. The fourth-order valence-electron chi connectivity index (χ4n) is 2.79. The van der Waals surface area contributed by atoms with Gasteiger partial charge in [-0.1, -0.05) is 6.92 Å². The average molecular weight is 385 g/mol. The van der Waals surface area contributed by atoms with E-state index >= 15 is 0 Å². The molecule has 146 valence electrons. The number of aryl methyl sites for hydroxylation is 2. The molecule has 0 aliphatic carbocycles. The number of benzene rings is 1. The lowest BCUT2D eigenvalue weighted by Gasteiger charge is -2.16. The maximum Gasteiger partial charge on any atom is 0.253 e. The number of hydrogen-bond donors (Lipinski definition) is 0. The van der Waals surface area contributed by atoms with Gasteiger partial charge in [-0.2, -0.15) is 0 Å². The summed E-state index contributed by atoms with van der Waals surface area (Å²) in [5.74, 6) is -0.849. The van der Waals surface area contributed by atoms with E-state index in [1.54, 1.807) is 23.8 Å². The van der Waals surface area contributed by atoms with Crippen LogP contribution in [0.5, 0.6) is 11.5 Å². The van der Waals surface area contributed by atoms with Crippen LogP contribution in [0, 0.1) is 18.6 Å². The Morgan fingerprint density at radius 2 is 1.93 bits per heavy atom. The van der Waals surface area contributed by atoms with Crippen LogP contribution in [-0.4, -0.2) is 14.5 Å². The van der Waals surface area contributed by atoms with Gasteiger partial charge in [-0.25, -0.2) is 18.7 Å². The highest BCUT2D eigenvalue weighted by atomic mass is 19.1. The van der Waals surface area contributed by atoms with Gasteiger partial charge in [-0.3, -0.25) is 4.79 Å². The fraction of sp³-hybridized carbons (Fsp3) is 0.286. The van der Waals surface area contributed by atoms with E-state index in [4.69, 9.17) is 4.74 Å². The smallest absolute Gasteiger partial charge is 0.253 e. The molecule has 0 saturated heterocycles. The first-order valence-corrected chi connectivity index (χ1v) is 9.02. The van der Waals surface area contributed by atoms with Crippen LogP contribution in [0.4, 0.5) is 8.78 Å². The number of rotatable bonds is 5. The van der Waals surface area contributed by atoms with Crippen molar-refractivity contribution in [3.63, 3.8) is 0 Å². The summed E-state index contributed by atoms with van der Waals surface area (Å²) in [6.45, 7) is 7.47. The molecule has 0 radical (unpaired) electrons. The lowest BCUT2D eigenvalue weighted by molar-refractivity contribution is 0.435. The summed E-state index contributed by atoms with van der Waals surface area (Å²) >= 11 is 0. The SMILES string of the molecule is CCc1ncc(Oc2ccc(F)cc2F)c(-c2cc(C)c(=O)n(C(C)C)c2)n1.